The summed E-state index contributed by atoms with van der Waals surface area (Å²) in [5, 5.41) is 7.74. The van der Waals surface area contributed by atoms with E-state index in [9.17, 15) is 0 Å². The smallest absolute Gasteiger partial charge is 0.0755 e. The molecule has 0 saturated carbocycles. The highest BCUT2D eigenvalue weighted by atomic mass is 32.1. The highest BCUT2D eigenvalue weighted by molar-refractivity contribution is 7.26. The molecule has 14 aromatic rings. The Hall–Kier alpha value is -8.54. The predicted molar refractivity (Wildman–Crippen MR) is 306 cm³/mol. The number of anilines is 3. The molecule has 1 aliphatic heterocycles. The molecular weight excluding hydrogens is 909 g/mol. The minimum atomic E-state index is -0.673. The van der Waals surface area contributed by atoms with Crippen molar-refractivity contribution >= 4 is 102 Å². The van der Waals surface area contributed by atoms with Crippen LogP contribution in [0.5, 0.6) is 0 Å². The van der Waals surface area contributed by atoms with Crippen molar-refractivity contribution in [2.45, 2.75) is 11.3 Å². The van der Waals surface area contributed by atoms with Crippen molar-refractivity contribution in [3.05, 3.63) is 288 Å². The maximum Gasteiger partial charge on any atom is 0.0755 e. The van der Waals surface area contributed by atoms with E-state index in [0.29, 0.717) is 0 Å². The molecule has 0 bridgehead atoms. The molecule has 11 aromatic carbocycles. The maximum absolute atomic E-state index is 2.58. The summed E-state index contributed by atoms with van der Waals surface area (Å²) in [7, 11) is 0. The van der Waals surface area contributed by atoms with Crippen molar-refractivity contribution in [1.29, 1.82) is 0 Å². The zero-order valence-corrected chi connectivity index (χ0v) is 40.6. The van der Waals surface area contributed by atoms with Crippen molar-refractivity contribution in [2.75, 3.05) is 4.90 Å². The number of nitrogens with zero attached hydrogens (tertiary/aromatic N) is 2. The number of benzene rings is 11. The lowest BCUT2D eigenvalue weighted by Gasteiger charge is -2.40. The lowest BCUT2D eigenvalue weighted by atomic mass is 9.65. The monoisotopic (exact) mass is 950 g/mol. The highest BCUT2D eigenvalue weighted by Gasteiger charge is 2.53. The Morgan fingerprint density at radius 3 is 1.69 bits per heavy atom. The normalized spacial score (nSPS) is 14.9. The molecule has 0 amide bonds. The second-order valence-corrected chi connectivity index (χ2v) is 21.5. The lowest BCUT2D eigenvalue weighted by molar-refractivity contribution is 0.747. The molecule has 4 heterocycles. The Kier molecular flexibility index (Phi) is 8.51. The zero-order valence-electron chi connectivity index (χ0n) is 39.0. The molecule has 336 valence electrons. The fraction of sp³-hybridized carbons (Fsp3) is 0.0294. The van der Waals surface area contributed by atoms with Gasteiger partial charge in [0.2, 0.25) is 0 Å². The van der Waals surface area contributed by atoms with Crippen LogP contribution in [-0.4, -0.2) is 4.57 Å². The average Bonchev–Trinajstić information content (AvgIpc) is 4.20. The van der Waals surface area contributed by atoms with E-state index >= 15 is 0 Å². The SMILES string of the molecule is c1ccc(C(c2cccc3c2-c2c(N(c4ccccc4)c4cccc5c4sc4ccccc45)cccc2C32c3ccccc3-n3c4ccccc4c4cccc2c43)c2cccc3c2sc2ccccc23)cc1. The lowest BCUT2D eigenvalue weighted by Crippen LogP contribution is -2.33. The molecule has 72 heavy (non-hydrogen) atoms. The van der Waals surface area contributed by atoms with Gasteiger partial charge >= 0.3 is 0 Å². The van der Waals surface area contributed by atoms with E-state index in [0.717, 1.165) is 11.4 Å². The third-order valence-corrected chi connectivity index (χ3v) is 18.4. The highest BCUT2D eigenvalue weighted by Crippen LogP contribution is 2.65. The topological polar surface area (TPSA) is 8.17 Å². The number of aromatic nitrogens is 1. The molecule has 2 aliphatic rings. The van der Waals surface area contributed by atoms with E-state index in [4.69, 9.17) is 0 Å². The molecule has 2 atom stereocenters. The van der Waals surface area contributed by atoms with Crippen LogP contribution in [-0.2, 0) is 5.41 Å². The van der Waals surface area contributed by atoms with Crippen LogP contribution in [0.25, 0.3) is 79.0 Å². The van der Waals surface area contributed by atoms with Gasteiger partial charge in [0.15, 0.2) is 0 Å². The largest absolute Gasteiger partial charge is 0.309 e. The van der Waals surface area contributed by atoms with Crippen LogP contribution in [0.3, 0.4) is 0 Å². The summed E-state index contributed by atoms with van der Waals surface area (Å²) in [5.41, 5.74) is 18.2. The van der Waals surface area contributed by atoms with Gasteiger partial charge in [-0.05, 0) is 93.0 Å². The van der Waals surface area contributed by atoms with Crippen molar-refractivity contribution in [1.82, 2.24) is 4.57 Å². The number of fused-ring (bicyclic) bond motifs is 18. The molecule has 3 aromatic heterocycles. The van der Waals surface area contributed by atoms with Gasteiger partial charge in [-0.2, -0.15) is 0 Å². The minimum Gasteiger partial charge on any atom is -0.309 e. The molecule has 1 aliphatic carbocycles. The third-order valence-electron chi connectivity index (χ3n) is 15.9. The zero-order chi connectivity index (χ0) is 47.1. The van der Waals surface area contributed by atoms with Gasteiger partial charge < -0.3 is 9.47 Å². The summed E-state index contributed by atoms with van der Waals surface area (Å²) >= 11 is 3.81. The first-order chi connectivity index (χ1) is 35.8. The Labute approximate surface area is 424 Å². The van der Waals surface area contributed by atoms with Gasteiger partial charge in [-0.1, -0.05) is 200 Å². The molecular formula is C68H42N2S2. The summed E-state index contributed by atoms with van der Waals surface area (Å²) in [6.07, 6.45) is 0. The first-order valence-electron chi connectivity index (χ1n) is 24.9. The number of para-hydroxylation sites is 4. The second-order valence-electron chi connectivity index (χ2n) is 19.4. The van der Waals surface area contributed by atoms with Crippen LogP contribution in [0.2, 0.25) is 0 Å². The van der Waals surface area contributed by atoms with Crippen molar-refractivity contribution < 1.29 is 0 Å². The van der Waals surface area contributed by atoms with Gasteiger partial charge in [-0.3, -0.25) is 0 Å². The van der Waals surface area contributed by atoms with Crippen LogP contribution in [0.1, 0.15) is 44.9 Å². The third kappa shape index (κ3) is 5.32. The first kappa shape index (κ1) is 40.2. The van der Waals surface area contributed by atoms with E-state index in [1.807, 2.05) is 22.7 Å². The van der Waals surface area contributed by atoms with E-state index < -0.39 is 5.41 Å². The van der Waals surface area contributed by atoms with Crippen molar-refractivity contribution in [3.8, 4) is 16.8 Å². The van der Waals surface area contributed by atoms with Crippen LogP contribution in [0.15, 0.2) is 249 Å². The quantitative estimate of drug-likeness (QED) is 0.151. The van der Waals surface area contributed by atoms with E-state index in [1.54, 1.807) is 0 Å². The molecule has 0 fully saturated rings. The predicted octanol–water partition coefficient (Wildman–Crippen LogP) is 18.8. The van der Waals surface area contributed by atoms with Crippen molar-refractivity contribution in [2.24, 2.45) is 0 Å². The number of hydrogen-bond acceptors (Lipinski definition) is 3. The van der Waals surface area contributed by atoms with Gasteiger partial charge in [-0.15, -0.1) is 22.7 Å². The Bertz CT molecular complexity index is 4330. The molecule has 0 radical (unpaired) electrons. The molecule has 0 N–H and O–H groups in total. The second kappa shape index (κ2) is 15.2. The number of rotatable bonds is 6. The van der Waals surface area contributed by atoms with E-state index in [1.165, 1.54) is 124 Å². The molecule has 1 spiro atoms. The fourth-order valence-corrected chi connectivity index (χ4v) is 15.6. The molecule has 2 unspecified atom stereocenters. The van der Waals surface area contributed by atoms with Crippen LogP contribution in [0, 0.1) is 0 Å². The van der Waals surface area contributed by atoms with E-state index in [2.05, 4.69) is 258 Å². The van der Waals surface area contributed by atoms with Gasteiger partial charge in [0.25, 0.3) is 0 Å². The van der Waals surface area contributed by atoms with Gasteiger partial charge in [0, 0.05) is 63.6 Å². The minimum absolute atomic E-state index is 0.0914. The van der Waals surface area contributed by atoms with Gasteiger partial charge in [0.05, 0.1) is 38.2 Å². The van der Waals surface area contributed by atoms with Crippen LogP contribution in [0.4, 0.5) is 17.1 Å². The Balaban J connectivity index is 1.09. The molecule has 0 saturated heterocycles. The summed E-state index contributed by atoms with van der Waals surface area (Å²) < 4.78 is 7.77. The number of hydrogen-bond donors (Lipinski definition) is 0. The molecule has 16 rings (SSSR count). The average molecular weight is 951 g/mol. The van der Waals surface area contributed by atoms with Crippen LogP contribution >= 0.6 is 22.7 Å². The van der Waals surface area contributed by atoms with E-state index in [-0.39, 0.29) is 5.92 Å². The maximum atomic E-state index is 2.58. The van der Waals surface area contributed by atoms with Crippen molar-refractivity contribution in [3.63, 3.8) is 0 Å². The first-order valence-corrected chi connectivity index (χ1v) is 26.5. The van der Waals surface area contributed by atoms with Crippen LogP contribution < -0.4 is 4.90 Å². The Morgan fingerprint density at radius 2 is 0.889 bits per heavy atom. The molecule has 4 heteroatoms. The summed E-state index contributed by atoms with van der Waals surface area (Å²) in [5.74, 6) is -0.0914. The summed E-state index contributed by atoms with van der Waals surface area (Å²) in [6, 6.07) is 93.9. The number of thiophene rings is 2. The summed E-state index contributed by atoms with van der Waals surface area (Å²) in [4.78, 5) is 2.58. The van der Waals surface area contributed by atoms with Gasteiger partial charge in [-0.25, -0.2) is 0 Å². The fourth-order valence-electron chi connectivity index (χ4n) is 13.2. The standard InChI is InChI=1S/C68H42N2S2/c1-3-20-42(21-4-1)62(51-31-15-28-48-45-25-8-13-40-60(45)71-66(48)51)50-30-17-33-53-63(50)64-54(68(53)52-32-10-12-37-57(52)70-56-36-11-7-24-44(56)47-27-16-35-55(68)65(47)70)34-19-38-58(64)69(43-22-5-2-6-23-43)59-39-18-29-49-46-26-9-14-41-61(46)72-67(49)59/h1-41,62H. The Morgan fingerprint density at radius 1 is 0.361 bits per heavy atom. The van der Waals surface area contributed by atoms with Gasteiger partial charge in [0.1, 0.15) is 0 Å². The molecule has 2 nitrogen and oxygen atoms in total. The summed E-state index contributed by atoms with van der Waals surface area (Å²) in [6.45, 7) is 0.